The lowest BCUT2D eigenvalue weighted by Crippen LogP contribution is -2.61. The average Bonchev–Trinajstić information content (AvgIpc) is 2.26. The summed E-state index contributed by atoms with van der Waals surface area (Å²) in [4.78, 5) is 0. The summed E-state index contributed by atoms with van der Waals surface area (Å²) in [7, 11) is -0.652. The predicted molar refractivity (Wildman–Crippen MR) is 69.2 cm³/mol. The van der Waals surface area contributed by atoms with E-state index in [0.29, 0.717) is 12.1 Å². The highest BCUT2D eigenvalue weighted by molar-refractivity contribution is 7.84. The molecule has 1 fully saturated rings. The molecule has 0 aromatic heterocycles. The summed E-state index contributed by atoms with van der Waals surface area (Å²) in [5.74, 6) is 1.53. The van der Waals surface area contributed by atoms with Crippen molar-refractivity contribution in [1.29, 1.82) is 0 Å². The third-order valence-electron chi connectivity index (χ3n) is 3.59. The van der Waals surface area contributed by atoms with Gasteiger partial charge in [-0.3, -0.25) is 4.21 Å². The lowest BCUT2D eigenvalue weighted by molar-refractivity contribution is -0.113. The van der Waals surface area contributed by atoms with Crippen LogP contribution in [-0.4, -0.2) is 41.0 Å². The Morgan fingerprint density at radius 3 is 2.62 bits per heavy atom. The molecule has 0 amide bonds. The van der Waals surface area contributed by atoms with E-state index in [4.69, 9.17) is 4.74 Å². The highest BCUT2D eigenvalue weighted by Gasteiger charge is 2.48. The molecule has 0 aromatic carbocycles. The molecule has 1 aliphatic carbocycles. The van der Waals surface area contributed by atoms with Crippen molar-refractivity contribution in [2.75, 3.05) is 24.7 Å². The van der Waals surface area contributed by atoms with Gasteiger partial charge in [0, 0.05) is 46.9 Å². The van der Waals surface area contributed by atoms with Crippen molar-refractivity contribution in [2.45, 2.75) is 46.3 Å². The van der Waals surface area contributed by atoms with Crippen LogP contribution in [0.2, 0.25) is 0 Å². The molecule has 1 N–H and O–H groups in total. The van der Waals surface area contributed by atoms with Crippen LogP contribution in [0, 0.1) is 5.41 Å². The minimum Gasteiger partial charge on any atom is -0.378 e. The first-order chi connectivity index (χ1) is 7.52. The fourth-order valence-electron chi connectivity index (χ4n) is 2.21. The van der Waals surface area contributed by atoms with Crippen molar-refractivity contribution in [3.05, 3.63) is 0 Å². The van der Waals surface area contributed by atoms with Gasteiger partial charge in [-0.05, 0) is 13.3 Å². The number of ether oxygens (including phenoxy) is 1. The van der Waals surface area contributed by atoms with Crippen molar-refractivity contribution in [1.82, 2.24) is 5.32 Å². The molecule has 16 heavy (non-hydrogen) atoms. The van der Waals surface area contributed by atoms with E-state index in [0.717, 1.165) is 31.1 Å². The minimum absolute atomic E-state index is 0.212. The van der Waals surface area contributed by atoms with Gasteiger partial charge in [-0.15, -0.1) is 0 Å². The van der Waals surface area contributed by atoms with Crippen LogP contribution in [0.1, 0.15) is 34.1 Å². The molecular formula is C12H25NO2S. The summed E-state index contributed by atoms with van der Waals surface area (Å²) in [6.45, 7) is 10.1. The van der Waals surface area contributed by atoms with E-state index in [2.05, 4.69) is 19.2 Å². The van der Waals surface area contributed by atoms with E-state index in [9.17, 15) is 4.21 Å². The van der Waals surface area contributed by atoms with Gasteiger partial charge in [-0.25, -0.2) is 0 Å². The maximum atomic E-state index is 11.3. The van der Waals surface area contributed by atoms with Gasteiger partial charge in [0.1, 0.15) is 0 Å². The number of hydrogen-bond donors (Lipinski definition) is 1. The maximum Gasteiger partial charge on any atom is 0.0655 e. The van der Waals surface area contributed by atoms with Gasteiger partial charge in [0.2, 0.25) is 0 Å². The quantitative estimate of drug-likeness (QED) is 0.742. The Morgan fingerprint density at radius 2 is 2.12 bits per heavy atom. The Bertz CT molecular complexity index is 243. The first-order valence-corrected chi connectivity index (χ1v) is 7.71. The minimum atomic E-state index is -0.652. The van der Waals surface area contributed by atoms with Crippen molar-refractivity contribution in [2.24, 2.45) is 5.41 Å². The lowest BCUT2D eigenvalue weighted by atomic mass is 9.64. The molecule has 0 heterocycles. The Labute approximate surface area is 102 Å². The molecule has 1 rings (SSSR count). The standard InChI is InChI=1S/C12H25NO2S/c1-5-15-11-9-10(12(11,3)4)13-7-8-16(14)6-2/h10-11,13H,5-9H2,1-4H3. The van der Waals surface area contributed by atoms with Gasteiger partial charge in [0.15, 0.2) is 0 Å². The first kappa shape index (κ1) is 14.1. The number of nitrogens with one attached hydrogen (secondary N) is 1. The molecular weight excluding hydrogens is 222 g/mol. The Hall–Kier alpha value is 0.0700. The highest BCUT2D eigenvalue weighted by atomic mass is 32.2. The van der Waals surface area contributed by atoms with E-state index in [1.807, 2.05) is 13.8 Å². The summed E-state index contributed by atoms with van der Waals surface area (Å²) in [5.41, 5.74) is 0.212. The van der Waals surface area contributed by atoms with Crippen LogP contribution in [0.5, 0.6) is 0 Å². The van der Waals surface area contributed by atoms with Gasteiger partial charge >= 0.3 is 0 Å². The van der Waals surface area contributed by atoms with E-state index in [1.165, 1.54) is 0 Å². The SMILES string of the molecule is CCOC1CC(NCCS(=O)CC)C1(C)C. The fraction of sp³-hybridized carbons (Fsp3) is 1.00. The van der Waals surface area contributed by atoms with Gasteiger partial charge in [-0.2, -0.15) is 0 Å². The van der Waals surface area contributed by atoms with E-state index >= 15 is 0 Å². The van der Waals surface area contributed by atoms with Crippen molar-refractivity contribution >= 4 is 10.8 Å². The van der Waals surface area contributed by atoms with Crippen LogP contribution >= 0.6 is 0 Å². The van der Waals surface area contributed by atoms with Gasteiger partial charge < -0.3 is 10.1 Å². The largest absolute Gasteiger partial charge is 0.378 e. The highest BCUT2D eigenvalue weighted by Crippen LogP contribution is 2.42. The van der Waals surface area contributed by atoms with Gasteiger partial charge in [0.05, 0.1) is 6.10 Å². The second-order valence-corrected chi connectivity index (χ2v) is 6.81. The van der Waals surface area contributed by atoms with Gasteiger partial charge in [0.25, 0.3) is 0 Å². The van der Waals surface area contributed by atoms with E-state index in [-0.39, 0.29) is 5.41 Å². The van der Waals surface area contributed by atoms with Crippen LogP contribution in [0.25, 0.3) is 0 Å². The molecule has 0 aliphatic heterocycles. The monoisotopic (exact) mass is 247 g/mol. The normalized spacial score (nSPS) is 29.8. The zero-order chi connectivity index (χ0) is 12.2. The van der Waals surface area contributed by atoms with E-state index < -0.39 is 10.8 Å². The maximum absolute atomic E-state index is 11.3. The zero-order valence-corrected chi connectivity index (χ0v) is 11.7. The van der Waals surface area contributed by atoms with Gasteiger partial charge in [-0.1, -0.05) is 20.8 Å². The molecule has 3 atom stereocenters. The molecule has 0 radical (unpaired) electrons. The second kappa shape index (κ2) is 6.12. The Balaban J connectivity index is 2.23. The van der Waals surface area contributed by atoms with Crippen LogP contribution in [0.4, 0.5) is 0 Å². The number of rotatable bonds is 7. The topological polar surface area (TPSA) is 38.3 Å². The average molecular weight is 247 g/mol. The molecule has 96 valence electrons. The molecule has 0 bridgehead atoms. The molecule has 3 nitrogen and oxygen atoms in total. The molecule has 1 aliphatic rings. The summed E-state index contributed by atoms with van der Waals surface area (Å²) >= 11 is 0. The first-order valence-electron chi connectivity index (χ1n) is 6.22. The van der Waals surface area contributed by atoms with Crippen molar-refractivity contribution in [3.63, 3.8) is 0 Å². The fourth-order valence-corrected chi connectivity index (χ4v) is 2.84. The third-order valence-corrected chi connectivity index (χ3v) is 4.89. The van der Waals surface area contributed by atoms with Crippen molar-refractivity contribution in [3.8, 4) is 0 Å². The van der Waals surface area contributed by atoms with Crippen LogP contribution in [0.15, 0.2) is 0 Å². The van der Waals surface area contributed by atoms with Crippen molar-refractivity contribution < 1.29 is 8.95 Å². The van der Waals surface area contributed by atoms with Crippen LogP contribution < -0.4 is 5.32 Å². The molecule has 0 aromatic rings. The smallest absolute Gasteiger partial charge is 0.0655 e. The second-order valence-electron chi connectivity index (χ2n) is 4.94. The molecule has 4 heteroatoms. The summed E-state index contributed by atoms with van der Waals surface area (Å²) in [6, 6.07) is 0.512. The molecule has 1 saturated carbocycles. The van der Waals surface area contributed by atoms with Crippen LogP contribution in [0.3, 0.4) is 0 Å². The molecule has 0 spiro atoms. The predicted octanol–water partition coefficient (Wildman–Crippen LogP) is 1.55. The van der Waals surface area contributed by atoms with E-state index in [1.54, 1.807) is 0 Å². The zero-order valence-electron chi connectivity index (χ0n) is 10.9. The summed E-state index contributed by atoms with van der Waals surface area (Å²) in [6.07, 6.45) is 1.46. The van der Waals surface area contributed by atoms with Crippen LogP contribution in [-0.2, 0) is 15.5 Å². The number of hydrogen-bond acceptors (Lipinski definition) is 3. The molecule has 3 unspecified atom stereocenters. The third kappa shape index (κ3) is 3.28. The molecule has 0 saturated heterocycles. The Morgan fingerprint density at radius 1 is 1.44 bits per heavy atom. The lowest BCUT2D eigenvalue weighted by Gasteiger charge is -2.52. The Kier molecular flexibility index (Phi) is 5.41. The summed E-state index contributed by atoms with van der Waals surface area (Å²) < 4.78 is 16.9. The summed E-state index contributed by atoms with van der Waals surface area (Å²) in [5, 5.41) is 3.49.